The molecule has 0 aromatic rings. The summed E-state index contributed by atoms with van der Waals surface area (Å²) in [6, 6.07) is 0.0168. The van der Waals surface area contributed by atoms with Gasteiger partial charge >= 0.3 is 12.1 Å². The summed E-state index contributed by atoms with van der Waals surface area (Å²) in [5.74, 6) is 0.291. The molecule has 0 spiro atoms. The lowest BCUT2D eigenvalue weighted by Crippen LogP contribution is -2.56. The molecule has 0 atom stereocenters. The Morgan fingerprint density at radius 2 is 1.81 bits per heavy atom. The maximum atomic E-state index is 12.7. The molecule has 2 heterocycles. The molecule has 0 unspecified atom stereocenters. The average molecular weight is 361 g/mol. The van der Waals surface area contributed by atoms with Crippen molar-refractivity contribution in [2.45, 2.75) is 32.8 Å². The first kappa shape index (κ1) is 20.1. The molecular weight excluding hydrogens is 330 g/mol. The fourth-order valence-corrected chi connectivity index (χ4v) is 3.26. The van der Waals surface area contributed by atoms with E-state index >= 15 is 0 Å². The van der Waals surface area contributed by atoms with Gasteiger partial charge in [-0.1, -0.05) is 25.3 Å². The minimum atomic E-state index is -0.482. The fraction of sp³-hybridized carbons (Fsp3) is 0.600. The van der Waals surface area contributed by atoms with E-state index in [4.69, 9.17) is 4.74 Å². The second kappa shape index (κ2) is 7.98. The normalized spacial score (nSPS) is 18.3. The van der Waals surface area contributed by atoms with Crippen molar-refractivity contribution in [2.24, 2.45) is 5.92 Å². The maximum absolute atomic E-state index is 12.7. The Labute approximate surface area is 156 Å². The Hall–Kier alpha value is -2.24. The molecule has 0 aromatic carbocycles. The SMILES string of the molecule is C=CC1=C(C=C)CN(C(=O)N(C)CC2CN(C(=O)OC(C)(C)C)C2)CC1. The van der Waals surface area contributed by atoms with Gasteiger partial charge in [0.05, 0.1) is 0 Å². The van der Waals surface area contributed by atoms with E-state index in [-0.39, 0.29) is 12.1 Å². The number of hydrogen-bond donors (Lipinski definition) is 0. The van der Waals surface area contributed by atoms with E-state index in [1.165, 1.54) is 5.57 Å². The van der Waals surface area contributed by atoms with Crippen LogP contribution in [0, 0.1) is 5.92 Å². The molecular formula is C20H31N3O3. The highest BCUT2D eigenvalue weighted by Gasteiger charge is 2.35. The zero-order valence-electron chi connectivity index (χ0n) is 16.5. The van der Waals surface area contributed by atoms with E-state index in [2.05, 4.69) is 13.2 Å². The molecule has 6 nitrogen and oxygen atoms in total. The molecule has 0 radical (unpaired) electrons. The van der Waals surface area contributed by atoms with Gasteiger partial charge in [0.1, 0.15) is 5.60 Å². The van der Waals surface area contributed by atoms with Crippen molar-refractivity contribution in [1.82, 2.24) is 14.7 Å². The summed E-state index contributed by atoms with van der Waals surface area (Å²) in [6.45, 7) is 16.4. The minimum Gasteiger partial charge on any atom is -0.444 e. The Morgan fingerprint density at radius 1 is 1.19 bits per heavy atom. The second-order valence-electron chi connectivity index (χ2n) is 8.04. The molecule has 0 bridgehead atoms. The number of allylic oxidation sites excluding steroid dienone is 1. The molecule has 1 fully saturated rings. The average Bonchev–Trinajstić information content (AvgIpc) is 2.54. The van der Waals surface area contributed by atoms with E-state index in [0.717, 1.165) is 12.0 Å². The third kappa shape index (κ3) is 4.90. The topological polar surface area (TPSA) is 53.1 Å². The van der Waals surface area contributed by atoms with Crippen LogP contribution in [0.2, 0.25) is 0 Å². The molecule has 26 heavy (non-hydrogen) atoms. The summed E-state index contributed by atoms with van der Waals surface area (Å²) in [5, 5.41) is 0. The van der Waals surface area contributed by atoms with Gasteiger partial charge in [0.15, 0.2) is 0 Å². The highest BCUT2D eigenvalue weighted by molar-refractivity contribution is 5.75. The largest absolute Gasteiger partial charge is 0.444 e. The van der Waals surface area contributed by atoms with Crippen LogP contribution in [0.25, 0.3) is 0 Å². The number of urea groups is 1. The molecule has 2 rings (SSSR count). The zero-order valence-corrected chi connectivity index (χ0v) is 16.5. The van der Waals surface area contributed by atoms with E-state index in [1.807, 2.05) is 38.8 Å². The van der Waals surface area contributed by atoms with Crippen molar-refractivity contribution in [3.63, 3.8) is 0 Å². The number of nitrogens with zero attached hydrogens (tertiary/aromatic N) is 3. The molecule has 0 aromatic heterocycles. The van der Waals surface area contributed by atoms with Gasteiger partial charge in [-0.05, 0) is 38.3 Å². The lowest BCUT2D eigenvalue weighted by Gasteiger charge is -2.42. The van der Waals surface area contributed by atoms with E-state index in [0.29, 0.717) is 38.6 Å². The Morgan fingerprint density at radius 3 is 2.35 bits per heavy atom. The number of amides is 3. The van der Waals surface area contributed by atoms with E-state index < -0.39 is 5.60 Å². The molecule has 0 saturated carbocycles. The summed E-state index contributed by atoms with van der Waals surface area (Å²) in [4.78, 5) is 29.9. The predicted octanol–water partition coefficient (Wildman–Crippen LogP) is 3.28. The third-order valence-electron chi connectivity index (χ3n) is 4.66. The number of carbonyl (C=O) groups excluding carboxylic acids is 2. The highest BCUT2D eigenvalue weighted by Crippen LogP contribution is 2.23. The van der Waals surface area contributed by atoms with Gasteiger partial charge < -0.3 is 19.4 Å². The van der Waals surface area contributed by atoms with Crippen molar-refractivity contribution in [3.8, 4) is 0 Å². The number of hydrogen-bond acceptors (Lipinski definition) is 3. The lowest BCUT2D eigenvalue weighted by molar-refractivity contribution is -0.00414. The molecule has 1 saturated heterocycles. The van der Waals surface area contributed by atoms with Gasteiger partial charge in [0.25, 0.3) is 0 Å². The van der Waals surface area contributed by atoms with Crippen LogP contribution in [-0.4, -0.2) is 72.2 Å². The van der Waals surface area contributed by atoms with Crippen LogP contribution in [0.5, 0.6) is 0 Å². The van der Waals surface area contributed by atoms with Crippen LogP contribution in [0.15, 0.2) is 36.5 Å². The number of rotatable bonds is 4. The van der Waals surface area contributed by atoms with Crippen LogP contribution in [0.1, 0.15) is 27.2 Å². The summed E-state index contributed by atoms with van der Waals surface area (Å²) in [5.41, 5.74) is 1.75. The van der Waals surface area contributed by atoms with Crippen LogP contribution >= 0.6 is 0 Å². The van der Waals surface area contributed by atoms with Crippen molar-refractivity contribution in [2.75, 3.05) is 39.8 Å². The molecule has 0 N–H and O–H groups in total. The van der Waals surface area contributed by atoms with Crippen molar-refractivity contribution >= 4 is 12.1 Å². The Balaban J connectivity index is 1.81. The van der Waals surface area contributed by atoms with Crippen LogP contribution in [0.4, 0.5) is 9.59 Å². The monoisotopic (exact) mass is 361 g/mol. The predicted molar refractivity (Wildman–Crippen MR) is 103 cm³/mol. The first-order valence-electron chi connectivity index (χ1n) is 9.09. The molecule has 2 aliphatic rings. The zero-order chi connectivity index (χ0) is 19.5. The van der Waals surface area contributed by atoms with E-state index in [1.54, 1.807) is 15.9 Å². The van der Waals surface area contributed by atoms with Crippen LogP contribution in [0.3, 0.4) is 0 Å². The van der Waals surface area contributed by atoms with Gasteiger partial charge in [0, 0.05) is 45.7 Å². The summed E-state index contributed by atoms with van der Waals surface area (Å²) < 4.78 is 5.36. The number of carbonyl (C=O) groups is 2. The van der Waals surface area contributed by atoms with Gasteiger partial charge in [-0.15, -0.1) is 0 Å². The van der Waals surface area contributed by atoms with Gasteiger partial charge in [0.2, 0.25) is 0 Å². The highest BCUT2D eigenvalue weighted by atomic mass is 16.6. The van der Waals surface area contributed by atoms with Crippen LogP contribution in [-0.2, 0) is 4.74 Å². The summed E-state index contributed by atoms with van der Waals surface area (Å²) in [6.07, 6.45) is 4.18. The third-order valence-corrected chi connectivity index (χ3v) is 4.66. The van der Waals surface area contributed by atoms with Crippen molar-refractivity contribution < 1.29 is 14.3 Å². The minimum absolute atomic E-state index is 0.0168. The smallest absolute Gasteiger partial charge is 0.410 e. The van der Waals surface area contributed by atoms with Crippen molar-refractivity contribution in [3.05, 3.63) is 36.5 Å². The first-order valence-corrected chi connectivity index (χ1v) is 9.09. The van der Waals surface area contributed by atoms with Gasteiger partial charge in [-0.2, -0.15) is 0 Å². The van der Waals surface area contributed by atoms with Gasteiger partial charge in [-0.25, -0.2) is 9.59 Å². The molecule has 0 aliphatic carbocycles. The fourth-order valence-electron chi connectivity index (χ4n) is 3.26. The lowest BCUT2D eigenvalue weighted by atomic mass is 9.99. The van der Waals surface area contributed by atoms with Crippen LogP contribution < -0.4 is 0 Å². The summed E-state index contributed by atoms with van der Waals surface area (Å²) >= 11 is 0. The van der Waals surface area contributed by atoms with Crippen molar-refractivity contribution in [1.29, 1.82) is 0 Å². The standard InChI is InChI=1S/C20H31N3O3/c1-7-16-9-10-22(14-17(16)8-2)18(24)21(6)11-15-12-23(13-15)19(25)26-20(3,4)5/h7-8,15H,1-2,9-14H2,3-6H3. The maximum Gasteiger partial charge on any atom is 0.410 e. The Kier molecular flexibility index (Phi) is 6.16. The quantitative estimate of drug-likeness (QED) is 0.772. The summed E-state index contributed by atoms with van der Waals surface area (Å²) in [7, 11) is 1.82. The molecule has 6 heteroatoms. The number of likely N-dealkylation sites (tertiary alicyclic amines) is 1. The Bertz CT molecular complexity index is 612. The van der Waals surface area contributed by atoms with Gasteiger partial charge in [-0.3, -0.25) is 0 Å². The number of ether oxygens (including phenoxy) is 1. The molecule has 144 valence electrons. The van der Waals surface area contributed by atoms with E-state index in [9.17, 15) is 9.59 Å². The molecule has 2 aliphatic heterocycles. The first-order chi connectivity index (χ1) is 12.1. The molecule has 3 amide bonds. The second-order valence-corrected chi connectivity index (χ2v) is 8.04.